The number of nitrogens with zero attached hydrogens (tertiary/aromatic N) is 2. The van der Waals surface area contributed by atoms with Crippen molar-refractivity contribution in [2.45, 2.75) is 6.42 Å². The van der Waals surface area contributed by atoms with Gasteiger partial charge in [-0.15, -0.1) is 0 Å². The molecule has 0 amide bonds. The fourth-order valence-electron chi connectivity index (χ4n) is 3.57. The molecule has 0 N–H and O–H groups in total. The van der Waals surface area contributed by atoms with Gasteiger partial charge < -0.3 is 9.13 Å². The quantitative estimate of drug-likeness (QED) is 0.380. The van der Waals surface area contributed by atoms with Gasteiger partial charge in [0.2, 0.25) is 0 Å². The van der Waals surface area contributed by atoms with Gasteiger partial charge in [0.15, 0.2) is 0 Å². The first-order valence-corrected chi connectivity index (χ1v) is 9.08. The fraction of sp³-hybridized carbons (Fsp3) is 0.0400. The zero-order valence-corrected chi connectivity index (χ0v) is 15.3. The summed E-state index contributed by atoms with van der Waals surface area (Å²) in [5, 5.41) is 0. The molecule has 0 aliphatic carbocycles. The molecule has 4 aromatic rings. The number of aromatic nitrogens is 2. The molecule has 132 valence electrons. The van der Waals surface area contributed by atoms with E-state index in [1.54, 1.807) is 0 Å². The van der Waals surface area contributed by atoms with Crippen LogP contribution in [0.15, 0.2) is 98.1 Å². The Kier molecular flexibility index (Phi) is 4.63. The van der Waals surface area contributed by atoms with Crippen molar-refractivity contribution in [3.63, 3.8) is 0 Å². The average molecular weight is 350 g/mol. The third kappa shape index (κ3) is 3.18. The van der Waals surface area contributed by atoms with Crippen LogP contribution in [0.4, 0.5) is 0 Å². The summed E-state index contributed by atoms with van der Waals surface area (Å²) < 4.78 is 4.33. The molecule has 0 radical (unpaired) electrons. The second kappa shape index (κ2) is 7.38. The first-order valence-electron chi connectivity index (χ1n) is 9.08. The summed E-state index contributed by atoms with van der Waals surface area (Å²) in [7, 11) is 0. The normalized spacial score (nSPS) is 10.7. The van der Waals surface area contributed by atoms with Gasteiger partial charge in [-0.25, -0.2) is 0 Å². The van der Waals surface area contributed by atoms with Gasteiger partial charge in [0.05, 0.1) is 11.4 Å². The summed E-state index contributed by atoms with van der Waals surface area (Å²) in [4.78, 5) is 0. The van der Waals surface area contributed by atoms with E-state index in [9.17, 15) is 0 Å². The van der Waals surface area contributed by atoms with Crippen molar-refractivity contribution in [1.82, 2.24) is 9.13 Å². The Bertz CT molecular complexity index is 978. The zero-order valence-electron chi connectivity index (χ0n) is 15.3. The smallest absolute Gasteiger partial charge is 0.0525 e. The van der Waals surface area contributed by atoms with E-state index in [-0.39, 0.29) is 0 Å². The first kappa shape index (κ1) is 16.9. The van der Waals surface area contributed by atoms with Crippen LogP contribution in [0.5, 0.6) is 0 Å². The van der Waals surface area contributed by atoms with Gasteiger partial charge in [-0.3, -0.25) is 0 Å². The summed E-state index contributed by atoms with van der Waals surface area (Å²) in [6, 6.07) is 29.5. The molecule has 0 saturated carbocycles. The molecule has 0 fully saturated rings. The van der Waals surface area contributed by atoms with Crippen LogP contribution >= 0.6 is 0 Å². The van der Waals surface area contributed by atoms with Crippen molar-refractivity contribution in [1.29, 1.82) is 0 Å². The molecule has 2 heterocycles. The highest BCUT2D eigenvalue weighted by atomic mass is 15.0. The van der Waals surface area contributed by atoms with Crippen LogP contribution in [0.25, 0.3) is 34.9 Å². The maximum atomic E-state index is 4.02. The van der Waals surface area contributed by atoms with E-state index in [1.807, 2.05) is 24.5 Å². The van der Waals surface area contributed by atoms with Gasteiger partial charge in [-0.2, -0.15) is 0 Å². The Labute approximate surface area is 160 Å². The van der Waals surface area contributed by atoms with E-state index < -0.39 is 0 Å². The minimum atomic E-state index is 0.803. The highest BCUT2D eigenvalue weighted by molar-refractivity contribution is 5.65. The minimum absolute atomic E-state index is 0.803. The average Bonchev–Trinajstić information content (AvgIpc) is 3.33. The molecule has 0 atom stereocenters. The van der Waals surface area contributed by atoms with Gasteiger partial charge in [0.1, 0.15) is 0 Å². The number of rotatable bonds is 6. The van der Waals surface area contributed by atoms with E-state index in [0.717, 1.165) is 17.8 Å². The summed E-state index contributed by atoms with van der Waals surface area (Å²) in [6.45, 7) is 8.05. The predicted octanol–water partition coefficient (Wildman–Crippen LogP) is 6.42. The van der Waals surface area contributed by atoms with Crippen LogP contribution in [0, 0.1) is 0 Å². The summed E-state index contributed by atoms with van der Waals surface area (Å²) in [6.07, 6.45) is 4.58. The van der Waals surface area contributed by atoms with E-state index in [1.165, 1.54) is 22.5 Å². The van der Waals surface area contributed by atoms with E-state index in [4.69, 9.17) is 0 Å². The Morgan fingerprint density at radius 3 is 1.33 bits per heavy atom. The zero-order chi connectivity index (χ0) is 18.6. The Hall–Kier alpha value is -3.52. The van der Waals surface area contributed by atoms with Crippen molar-refractivity contribution in [3.8, 4) is 22.5 Å². The van der Waals surface area contributed by atoms with Crippen LogP contribution in [0.2, 0.25) is 0 Å². The van der Waals surface area contributed by atoms with Gasteiger partial charge in [0.25, 0.3) is 0 Å². The molecular weight excluding hydrogens is 328 g/mol. The van der Waals surface area contributed by atoms with Crippen molar-refractivity contribution < 1.29 is 0 Å². The topological polar surface area (TPSA) is 9.86 Å². The minimum Gasteiger partial charge on any atom is -0.321 e. The highest BCUT2D eigenvalue weighted by Gasteiger charge is 2.12. The Morgan fingerprint density at radius 2 is 0.963 bits per heavy atom. The summed E-state index contributed by atoms with van der Waals surface area (Å²) in [5.41, 5.74) is 7.08. The molecule has 2 aromatic heterocycles. The lowest BCUT2D eigenvalue weighted by atomic mass is 10.1. The Morgan fingerprint density at radius 1 is 0.556 bits per heavy atom. The molecule has 0 unspecified atom stereocenters. The monoisotopic (exact) mass is 350 g/mol. The molecule has 0 bridgehead atoms. The molecule has 0 saturated heterocycles. The van der Waals surface area contributed by atoms with E-state index >= 15 is 0 Å². The number of hydrogen-bond donors (Lipinski definition) is 0. The molecule has 2 nitrogen and oxygen atoms in total. The summed E-state index contributed by atoms with van der Waals surface area (Å²) >= 11 is 0. The lowest BCUT2D eigenvalue weighted by Gasteiger charge is -2.11. The van der Waals surface area contributed by atoms with Crippen LogP contribution in [-0.4, -0.2) is 9.13 Å². The maximum absolute atomic E-state index is 4.02. The molecule has 0 aliphatic rings. The van der Waals surface area contributed by atoms with Crippen molar-refractivity contribution in [2.24, 2.45) is 0 Å². The third-order valence-electron chi connectivity index (χ3n) is 4.87. The van der Waals surface area contributed by atoms with Crippen molar-refractivity contribution >= 4 is 12.4 Å². The molecule has 4 rings (SSSR count). The fourth-order valence-corrected chi connectivity index (χ4v) is 3.57. The predicted molar refractivity (Wildman–Crippen MR) is 115 cm³/mol. The second-order valence-electron chi connectivity index (χ2n) is 6.43. The lowest BCUT2D eigenvalue weighted by molar-refractivity contribution is 0.948. The van der Waals surface area contributed by atoms with E-state index in [0.29, 0.717) is 0 Å². The van der Waals surface area contributed by atoms with E-state index in [2.05, 4.69) is 95.1 Å². The van der Waals surface area contributed by atoms with Crippen LogP contribution in [-0.2, 0) is 6.42 Å². The van der Waals surface area contributed by atoms with Gasteiger partial charge in [-0.05, 0) is 35.4 Å². The second-order valence-corrected chi connectivity index (χ2v) is 6.43. The van der Waals surface area contributed by atoms with Crippen LogP contribution in [0.1, 0.15) is 11.4 Å². The molecule has 0 aliphatic heterocycles. The maximum Gasteiger partial charge on any atom is 0.0525 e. The largest absolute Gasteiger partial charge is 0.321 e. The van der Waals surface area contributed by atoms with Gasteiger partial charge in [0, 0.05) is 30.2 Å². The lowest BCUT2D eigenvalue weighted by Crippen LogP contribution is -2.02. The molecule has 27 heavy (non-hydrogen) atoms. The summed E-state index contributed by atoms with van der Waals surface area (Å²) in [5.74, 6) is 0. The highest BCUT2D eigenvalue weighted by Crippen LogP contribution is 2.27. The Balaban J connectivity index is 1.72. The van der Waals surface area contributed by atoms with Gasteiger partial charge in [-0.1, -0.05) is 73.8 Å². The number of benzene rings is 2. The third-order valence-corrected chi connectivity index (χ3v) is 4.87. The standard InChI is InChI=1S/C25H22N2/c1-3-26-22(15-17-24(26)20-11-7-5-8-12-20)19-23-16-18-25(27(23)4-2)21-13-9-6-10-14-21/h3-18H,1-2,19H2. The molecule has 0 spiro atoms. The van der Waals surface area contributed by atoms with Crippen molar-refractivity contribution in [3.05, 3.63) is 109 Å². The van der Waals surface area contributed by atoms with Gasteiger partial charge >= 0.3 is 0 Å². The van der Waals surface area contributed by atoms with Crippen LogP contribution < -0.4 is 0 Å². The molecule has 2 heteroatoms. The SMILES string of the molecule is C=Cn1c(Cc2ccc(-c3ccccc3)n2C=C)ccc1-c1ccccc1. The molecular formula is C25H22N2. The van der Waals surface area contributed by atoms with Crippen LogP contribution in [0.3, 0.4) is 0 Å². The van der Waals surface area contributed by atoms with Crippen molar-refractivity contribution in [2.75, 3.05) is 0 Å². The number of hydrogen-bond acceptors (Lipinski definition) is 0. The molecule has 2 aromatic carbocycles. The first-order chi connectivity index (χ1) is 13.3.